The highest BCUT2D eigenvalue weighted by atomic mass is 79.9. The van der Waals surface area contributed by atoms with E-state index in [4.69, 9.17) is 5.73 Å². The van der Waals surface area contributed by atoms with Gasteiger partial charge in [0.2, 0.25) is 0 Å². The lowest BCUT2D eigenvalue weighted by molar-refractivity contribution is 0.615. The van der Waals surface area contributed by atoms with Crippen molar-refractivity contribution in [3.8, 4) is 0 Å². The van der Waals surface area contributed by atoms with E-state index in [2.05, 4.69) is 59.9 Å². The van der Waals surface area contributed by atoms with Crippen LogP contribution in [0, 0.1) is 0 Å². The monoisotopic (exact) mass is 298 g/mol. The molecule has 3 heteroatoms. The maximum Gasteiger partial charge on any atom is 0.0510 e. The summed E-state index contributed by atoms with van der Waals surface area (Å²) in [5.74, 6) is 0. The average molecular weight is 299 g/mol. The van der Waals surface area contributed by atoms with Crippen LogP contribution in [0.25, 0.3) is 0 Å². The third-order valence-corrected chi connectivity index (χ3v) is 3.88. The molecule has 1 aromatic carbocycles. The molecule has 2 atom stereocenters. The lowest BCUT2D eigenvalue weighted by Gasteiger charge is -2.28. The van der Waals surface area contributed by atoms with Gasteiger partial charge in [0.25, 0.3) is 0 Å². The highest BCUT2D eigenvalue weighted by molar-refractivity contribution is 9.10. The van der Waals surface area contributed by atoms with Crippen molar-refractivity contribution in [3.63, 3.8) is 0 Å². The molecular formula is C14H23BrN2. The second-order valence-corrected chi connectivity index (χ2v) is 5.60. The largest absolute Gasteiger partial charge is 0.371 e. The summed E-state index contributed by atoms with van der Waals surface area (Å²) in [6.45, 7) is 6.48. The van der Waals surface area contributed by atoms with Crippen LogP contribution in [0.15, 0.2) is 22.7 Å². The number of nitrogens with two attached hydrogens (primary N) is 1. The lowest BCUT2D eigenvalue weighted by atomic mass is 10.1. The maximum absolute atomic E-state index is 5.88. The number of benzene rings is 1. The summed E-state index contributed by atoms with van der Waals surface area (Å²) in [6, 6.07) is 7.01. The number of hydrogen-bond acceptors (Lipinski definition) is 2. The van der Waals surface area contributed by atoms with Gasteiger partial charge in [0.15, 0.2) is 0 Å². The Morgan fingerprint density at radius 1 is 1.35 bits per heavy atom. The van der Waals surface area contributed by atoms with Crippen molar-refractivity contribution in [3.05, 3.63) is 28.2 Å². The lowest BCUT2D eigenvalue weighted by Crippen LogP contribution is -2.28. The Morgan fingerprint density at radius 3 is 2.47 bits per heavy atom. The molecule has 0 saturated carbocycles. The SMILES string of the molecule is CCCC(C)N(C)c1ccc(C(C)N)cc1Br. The van der Waals surface area contributed by atoms with Crippen molar-refractivity contribution in [1.82, 2.24) is 0 Å². The van der Waals surface area contributed by atoms with Crippen molar-refractivity contribution < 1.29 is 0 Å². The van der Waals surface area contributed by atoms with Crippen molar-refractivity contribution in [2.75, 3.05) is 11.9 Å². The van der Waals surface area contributed by atoms with E-state index in [1.807, 2.05) is 6.92 Å². The third kappa shape index (κ3) is 3.71. The van der Waals surface area contributed by atoms with Crippen LogP contribution in [-0.2, 0) is 0 Å². The quantitative estimate of drug-likeness (QED) is 0.887. The van der Waals surface area contributed by atoms with Gasteiger partial charge in [-0.05, 0) is 53.9 Å². The number of hydrogen-bond donors (Lipinski definition) is 1. The number of rotatable bonds is 5. The highest BCUT2D eigenvalue weighted by Gasteiger charge is 2.13. The van der Waals surface area contributed by atoms with E-state index in [9.17, 15) is 0 Å². The van der Waals surface area contributed by atoms with Gasteiger partial charge in [0, 0.05) is 23.6 Å². The molecule has 0 saturated heterocycles. The van der Waals surface area contributed by atoms with Gasteiger partial charge >= 0.3 is 0 Å². The first-order valence-electron chi connectivity index (χ1n) is 6.25. The molecule has 0 amide bonds. The van der Waals surface area contributed by atoms with Crippen LogP contribution in [0.1, 0.15) is 45.2 Å². The van der Waals surface area contributed by atoms with E-state index in [0.717, 1.165) is 10.0 Å². The van der Waals surface area contributed by atoms with Crippen LogP contribution in [0.4, 0.5) is 5.69 Å². The second-order valence-electron chi connectivity index (χ2n) is 4.75. The van der Waals surface area contributed by atoms with Gasteiger partial charge in [-0.2, -0.15) is 0 Å². The normalized spacial score (nSPS) is 14.5. The van der Waals surface area contributed by atoms with E-state index >= 15 is 0 Å². The molecule has 0 spiro atoms. The highest BCUT2D eigenvalue weighted by Crippen LogP contribution is 2.30. The minimum absolute atomic E-state index is 0.0821. The molecule has 2 N–H and O–H groups in total. The molecule has 0 radical (unpaired) electrons. The summed E-state index contributed by atoms with van der Waals surface area (Å²) in [6.07, 6.45) is 2.42. The van der Waals surface area contributed by atoms with Crippen molar-refractivity contribution in [2.45, 2.75) is 45.7 Å². The summed E-state index contributed by atoms with van der Waals surface area (Å²) in [4.78, 5) is 2.32. The first-order chi connectivity index (χ1) is 7.97. The number of halogens is 1. The zero-order valence-corrected chi connectivity index (χ0v) is 12.8. The van der Waals surface area contributed by atoms with Crippen molar-refractivity contribution in [1.29, 1.82) is 0 Å². The number of anilines is 1. The first-order valence-corrected chi connectivity index (χ1v) is 7.04. The fourth-order valence-electron chi connectivity index (χ4n) is 1.94. The summed E-state index contributed by atoms with van der Waals surface area (Å²) in [5.41, 5.74) is 8.28. The molecule has 17 heavy (non-hydrogen) atoms. The minimum atomic E-state index is 0.0821. The molecule has 0 aliphatic heterocycles. The molecule has 0 aliphatic carbocycles. The summed E-state index contributed by atoms with van der Waals surface area (Å²) in [5, 5.41) is 0. The van der Waals surface area contributed by atoms with Gasteiger partial charge in [0.05, 0.1) is 5.69 Å². The molecule has 1 aromatic rings. The molecule has 1 rings (SSSR count). The maximum atomic E-state index is 5.88. The van der Waals surface area contributed by atoms with Gasteiger partial charge in [-0.25, -0.2) is 0 Å². The van der Waals surface area contributed by atoms with Gasteiger partial charge in [-0.3, -0.25) is 0 Å². The Balaban J connectivity index is 2.91. The molecule has 0 aliphatic rings. The Morgan fingerprint density at radius 2 is 2.00 bits per heavy atom. The van der Waals surface area contributed by atoms with Crippen LogP contribution >= 0.6 is 15.9 Å². The second kappa shape index (κ2) is 6.41. The fraction of sp³-hybridized carbons (Fsp3) is 0.571. The van der Waals surface area contributed by atoms with Crippen molar-refractivity contribution in [2.24, 2.45) is 5.73 Å². The molecule has 96 valence electrons. The average Bonchev–Trinajstić information content (AvgIpc) is 2.28. The summed E-state index contributed by atoms with van der Waals surface area (Å²) in [7, 11) is 2.14. The van der Waals surface area contributed by atoms with E-state index in [1.54, 1.807) is 0 Å². The Kier molecular flexibility index (Phi) is 5.47. The van der Waals surface area contributed by atoms with Gasteiger partial charge in [-0.15, -0.1) is 0 Å². The molecule has 0 fully saturated rings. The Hall–Kier alpha value is -0.540. The first kappa shape index (κ1) is 14.5. The molecule has 2 unspecified atom stereocenters. The van der Waals surface area contributed by atoms with Crippen molar-refractivity contribution >= 4 is 21.6 Å². The predicted octanol–water partition coefficient (Wildman–Crippen LogP) is 4.09. The fourth-order valence-corrected chi connectivity index (χ4v) is 2.62. The third-order valence-electron chi connectivity index (χ3n) is 3.25. The Labute approximate surface area is 113 Å². The predicted molar refractivity (Wildman–Crippen MR) is 79.5 cm³/mol. The molecule has 2 nitrogen and oxygen atoms in total. The molecule has 0 bridgehead atoms. The van der Waals surface area contributed by atoms with Crippen LogP contribution in [0.2, 0.25) is 0 Å². The summed E-state index contributed by atoms with van der Waals surface area (Å²) >= 11 is 3.64. The van der Waals surface area contributed by atoms with Crippen LogP contribution in [-0.4, -0.2) is 13.1 Å². The summed E-state index contributed by atoms with van der Waals surface area (Å²) < 4.78 is 1.12. The minimum Gasteiger partial charge on any atom is -0.371 e. The van der Waals surface area contributed by atoms with Gasteiger partial charge in [-0.1, -0.05) is 19.4 Å². The zero-order chi connectivity index (χ0) is 13.0. The van der Waals surface area contributed by atoms with E-state index in [0.29, 0.717) is 6.04 Å². The zero-order valence-electron chi connectivity index (χ0n) is 11.2. The van der Waals surface area contributed by atoms with Gasteiger partial charge in [0.1, 0.15) is 0 Å². The van der Waals surface area contributed by atoms with E-state index in [1.165, 1.54) is 18.5 Å². The van der Waals surface area contributed by atoms with E-state index in [-0.39, 0.29) is 6.04 Å². The smallest absolute Gasteiger partial charge is 0.0510 e. The van der Waals surface area contributed by atoms with Crippen LogP contribution in [0.5, 0.6) is 0 Å². The number of nitrogens with zero attached hydrogens (tertiary/aromatic N) is 1. The molecular weight excluding hydrogens is 276 g/mol. The Bertz CT molecular complexity index is 363. The topological polar surface area (TPSA) is 29.3 Å². The van der Waals surface area contributed by atoms with E-state index < -0.39 is 0 Å². The van der Waals surface area contributed by atoms with Gasteiger partial charge < -0.3 is 10.6 Å². The molecule has 0 aromatic heterocycles. The standard InChI is InChI=1S/C14H23BrN2/c1-5-6-10(2)17(4)14-8-7-12(11(3)16)9-13(14)15/h7-11H,5-6,16H2,1-4H3. The molecule has 0 heterocycles. The van der Waals surface area contributed by atoms with Crippen LogP contribution < -0.4 is 10.6 Å². The van der Waals surface area contributed by atoms with Crippen LogP contribution in [0.3, 0.4) is 0 Å².